The molecule has 0 aromatic heterocycles. The molecule has 1 unspecified atom stereocenters. The highest BCUT2D eigenvalue weighted by Gasteiger charge is 2.37. The molecule has 0 bridgehead atoms. The third-order valence-electron chi connectivity index (χ3n) is 4.39. The smallest absolute Gasteiger partial charge is 0.306 e. The van der Waals surface area contributed by atoms with Gasteiger partial charge in [0.1, 0.15) is 0 Å². The summed E-state index contributed by atoms with van der Waals surface area (Å²) in [6.45, 7) is 3.11. The van der Waals surface area contributed by atoms with Gasteiger partial charge in [0.25, 0.3) is 10.0 Å². The van der Waals surface area contributed by atoms with Crippen LogP contribution in [0.4, 0.5) is 24.5 Å². The van der Waals surface area contributed by atoms with Crippen LogP contribution in [0.15, 0.2) is 53.4 Å². The zero-order valence-electron chi connectivity index (χ0n) is 14.6. The van der Waals surface area contributed by atoms with E-state index in [9.17, 15) is 26.4 Å². The predicted octanol–water partition coefficient (Wildman–Crippen LogP) is 3.66. The Morgan fingerprint density at radius 2 is 1.59 bits per heavy atom. The van der Waals surface area contributed by atoms with E-state index >= 15 is 0 Å². The van der Waals surface area contributed by atoms with Gasteiger partial charge in [-0.2, -0.15) is 13.2 Å². The van der Waals surface area contributed by atoms with Gasteiger partial charge in [-0.15, -0.1) is 0 Å². The maximum Gasteiger partial charge on any atom is 0.416 e. The fraction of sp³-hybridized carbons (Fsp3) is 0.278. The summed E-state index contributed by atoms with van der Waals surface area (Å²) < 4.78 is 65.5. The molecule has 1 aliphatic rings. The third-order valence-corrected chi connectivity index (χ3v) is 6.18. The molecule has 3 rings (SSSR count). The molecule has 2 aromatic rings. The van der Waals surface area contributed by atoms with Crippen LogP contribution in [0, 0.1) is 0 Å². The number of sulfonamides is 1. The van der Waals surface area contributed by atoms with Gasteiger partial charge in [-0.1, -0.05) is 12.1 Å². The number of fused-ring (bicyclic) bond motifs is 1. The molecule has 0 radical (unpaired) electrons. The lowest BCUT2D eigenvalue weighted by molar-refractivity contribution is -0.137. The number of benzene rings is 2. The quantitative estimate of drug-likeness (QED) is 0.776. The Kier molecular flexibility index (Phi) is 4.67. The Hall–Kier alpha value is -2.55. The van der Waals surface area contributed by atoms with Crippen LogP contribution in [0.25, 0.3) is 0 Å². The van der Waals surface area contributed by atoms with Crippen molar-refractivity contribution in [3.05, 3.63) is 54.1 Å². The van der Waals surface area contributed by atoms with Crippen molar-refractivity contribution >= 4 is 27.3 Å². The molecular formula is C18H17F3N2O3S. The average molecular weight is 398 g/mol. The van der Waals surface area contributed by atoms with Crippen LogP contribution in [-0.2, 0) is 21.0 Å². The highest BCUT2D eigenvalue weighted by Crippen LogP contribution is 2.39. The van der Waals surface area contributed by atoms with E-state index in [0.717, 1.165) is 28.6 Å². The van der Waals surface area contributed by atoms with Crippen LogP contribution in [-0.4, -0.2) is 26.9 Å². The minimum atomic E-state index is -4.55. The van der Waals surface area contributed by atoms with Crippen LogP contribution in [0.2, 0.25) is 0 Å². The first-order chi connectivity index (χ1) is 12.5. The summed E-state index contributed by atoms with van der Waals surface area (Å²) in [6.07, 6.45) is -4.55. The number of halogens is 3. The van der Waals surface area contributed by atoms with Gasteiger partial charge in [0.05, 0.1) is 34.4 Å². The summed E-state index contributed by atoms with van der Waals surface area (Å²) >= 11 is 0. The largest absolute Gasteiger partial charge is 0.416 e. The molecule has 1 heterocycles. The van der Waals surface area contributed by atoms with E-state index in [0.29, 0.717) is 11.4 Å². The van der Waals surface area contributed by atoms with Crippen LogP contribution in [0.1, 0.15) is 19.4 Å². The third kappa shape index (κ3) is 3.39. The van der Waals surface area contributed by atoms with Crippen LogP contribution >= 0.6 is 0 Å². The van der Waals surface area contributed by atoms with Gasteiger partial charge in [-0.3, -0.25) is 9.10 Å². The maximum atomic E-state index is 13.1. The molecule has 0 saturated carbocycles. The normalized spacial score (nSPS) is 17.6. The zero-order chi connectivity index (χ0) is 20.0. The fourth-order valence-corrected chi connectivity index (χ4v) is 4.75. The van der Waals surface area contributed by atoms with Crippen molar-refractivity contribution in [2.24, 2.45) is 0 Å². The molecule has 1 aliphatic heterocycles. The SMILES string of the molecule is CC(=O)N1c2ccccc2N(S(=O)(=O)c2ccc(C(F)(F)F)cc2)CC1C. The molecule has 9 heteroatoms. The van der Waals surface area contributed by atoms with Crippen molar-refractivity contribution in [1.29, 1.82) is 0 Å². The summed E-state index contributed by atoms with van der Waals surface area (Å²) in [6, 6.07) is 9.49. The van der Waals surface area contributed by atoms with E-state index in [2.05, 4.69) is 0 Å². The molecule has 2 aromatic carbocycles. The number of rotatable bonds is 2. The van der Waals surface area contributed by atoms with Gasteiger partial charge < -0.3 is 4.90 Å². The number of carbonyl (C=O) groups excluding carboxylic acids is 1. The van der Waals surface area contributed by atoms with Gasteiger partial charge in [0.15, 0.2) is 0 Å². The molecule has 27 heavy (non-hydrogen) atoms. The second-order valence-electron chi connectivity index (χ2n) is 6.29. The topological polar surface area (TPSA) is 57.7 Å². The molecule has 0 fully saturated rings. The average Bonchev–Trinajstić information content (AvgIpc) is 2.60. The second-order valence-corrected chi connectivity index (χ2v) is 8.15. The number of anilines is 2. The summed E-state index contributed by atoms with van der Waals surface area (Å²) in [4.78, 5) is 13.2. The Morgan fingerprint density at radius 1 is 1.04 bits per heavy atom. The maximum absolute atomic E-state index is 13.1. The van der Waals surface area contributed by atoms with Gasteiger partial charge in [-0.25, -0.2) is 8.42 Å². The predicted molar refractivity (Wildman–Crippen MR) is 95.0 cm³/mol. The summed E-state index contributed by atoms with van der Waals surface area (Å²) in [5.41, 5.74) is -0.165. The van der Waals surface area contributed by atoms with E-state index in [1.54, 1.807) is 31.2 Å². The van der Waals surface area contributed by atoms with Gasteiger partial charge in [0.2, 0.25) is 5.91 Å². The van der Waals surface area contributed by atoms with Gasteiger partial charge in [-0.05, 0) is 43.3 Å². The van der Waals surface area contributed by atoms with Gasteiger partial charge in [0, 0.05) is 6.92 Å². The highest BCUT2D eigenvalue weighted by molar-refractivity contribution is 7.92. The number of carbonyl (C=O) groups is 1. The minimum absolute atomic E-state index is 0.0000507. The van der Waals surface area contributed by atoms with Crippen molar-refractivity contribution < 1.29 is 26.4 Å². The first kappa shape index (κ1) is 19.2. The van der Waals surface area contributed by atoms with E-state index in [4.69, 9.17) is 0 Å². The number of alkyl halides is 3. The number of nitrogens with zero attached hydrogens (tertiary/aromatic N) is 2. The zero-order valence-corrected chi connectivity index (χ0v) is 15.4. The van der Waals surface area contributed by atoms with Crippen molar-refractivity contribution in [3.63, 3.8) is 0 Å². The van der Waals surface area contributed by atoms with E-state index in [1.165, 1.54) is 11.8 Å². The highest BCUT2D eigenvalue weighted by atomic mass is 32.2. The van der Waals surface area contributed by atoms with Crippen LogP contribution in [0.3, 0.4) is 0 Å². The second kappa shape index (κ2) is 6.56. The number of para-hydroxylation sites is 2. The summed E-state index contributed by atoms with van der Waals surface area (Å²) in [7, 11) is -4.09. The van der Waals surface area contributed by atoms with Crippen LogP contribution in [0.5, 0.6) is 0 Å². The minimum Gasteiger partial charge on any atom is -0.306 e. The lowest BCUT2D eigenvalue weighted by Gasteiger charge is -2.40. The molecule has 144 valence electrons. The van der Waals surface area contributed by atoms with Crippen molar-refractivity contribution in [3.8, 4) is 0 Å². The Balaban J connectivity index is 2.07. The Bertz CT molecular complexity index is 972. The van der Waals surface area contributed by atoms with E-state index in [1.807, 2.05) is 0 Å². The molecule has 1 atom stereocenters. The molecular weight excluding hydrogens is 381 g/mol. The van der Waals surface area contributed by atoms with Gasteiger partial charge >= 0.3 is 6.18 Å². The monoisotopic (exact) mass is 398 g/mol. The molecule has 0 spiro atoms. The first-order valence-corrected chi connectivity index (χ1v) is 9.56. The van der Waals surface area contributed by atoms with E-state index < -0.39 is 27.8 Å². The summed E-state index contributed by atoms with van der Waals surface area (Å²) in [5, 5.41) is 0. The van der Waals surface area contributed by atoms with Crippen molar-refractivity contribution in [2.75, 3.05) is 15.7 Å². The lowest BCUT2D eigenvalue weighted by atomic mass is 10.1. The van der Waals surface area contributed by atoms with Crippen molar-refractivity contribution in [2.45, 2.75) is 31.0 Å². The molecule has 5 nitrogen and oxygen atoms in total. The fourth-order valence-electron chi connectivity index (χ4n) is 3.19. The molecule has 1 amide bonds. The van der Waals surface area contributed by atoms with Crippen LogP contribution < -0.4 is 9.21 Å². The lowest BCUT2D eigenvalue weighted by Crippen LogP contribution is -2.51. The standard InChI is InChI=1S/C18H17F3N2O3S/c1-12-11-22(16-5-3-4-6-17(16)23(12)13(2)24)27(25,26)15-9-7-14(8-10-15)18(19,20)21/h3-10,12H,11H2,1-2H3. The molecule has 0 saturated heterocycles. The first-order valence-electron chi connectivity index (χ1n) is 8.12. The number of hydrogen-bond donors (Lipinski definition) is 0. The Labute approximate surface area is 155 Å². The number of hydrogen-bond acceptors (Lipinski definition) is 3. The molecule has 0 aliphatic carbocycles. The number of amides is 1. The molecule has 0 N–H and O–H groups in total. The summed E-state index contributed by atoms with van der Waals surface area (Å²) in [5.74, 6) is -0.221. The Morgan fingerprint density at radius 3 is 2.11 bits per heavy atom. The van der Waals surface area contributed by atoms with Crippen molar-refractivity contribution in [1.82, 2.24) is 0 Å². The van der Waals surface area contributed by atoms with E-state index in [-0.39, 0.29) is 17.3 Å².